The van der Waals surface area contributed by atoms with Crippen molar-refractivity contribution in [1.29, 1.82) is 0 Å². The number of hydrogen-bond acceptors (Lipinski definition) is 6. The normalized spacial score (nSPS) is 11.8. The highest BCUT2D eigenvalue weighted by Gasteiger charge is 2.08. The van der Waals surface area contributed by atoms with Crippen molar-refractivity contribution in [3.05, 3.63) is 60.6 Å². The summed E-state index contributed by atoms with van der Waals surface area (Å²) in [5.41, 5.74) is 2.90. The van der Waals surface area contributed by atoms with Crippen LogP contribution < -0.4 is 10.1 Å². The van der Waals surface area contributed by atoms with Gasteiger partial charge in [-0.15, -0.1) is 5.10 Å². The summed E-state index contributed by atoms with van der Waals surface area (Å²) in [5, 5.41) is 11.4. The van der Waals surface area contributed by atoms with Crippen LogP contribution in [-0.4, -0.2) is 33.3 Å². The van der Waals surface area contributed by atoms with Crippen LogP contribution in [0.25, 0.3) is 11.3 Å². The number of benzene rings is 1. The van der Waals surface area contributed by atoms with E-state index in [2.05, 4.69) is 38.5 Å². The summed E-state index contributed by atoms with van der Waals surface area (Å²) < 4.78 is 5.17. The number of nitrogens with zero attached hydrogens (tertiary/aromatic N) is 4. The Hall–Kier alpha value is -3.02. The van der Waals surface area contributed by atoms with Gasteiger partial charge < -0.3 is 10.1 Å². The van der Waals surface area contributed by atoms with Crippen LogP contribution in [0.2, 0.25) is 0 Å². The smallest absolute Gasteiger partial charge is 0.243 e. The van der Waals surface area contributed by atoms with E-state index in [0.29, 0.717) is 5.95 Å². The second-order valence-electron chi connectivity index (χ2n) is 5.50. The number of anilines is 1. The first-order valence-corrected chi connectivity index (χ1v) is 7.74. The van der Waals surface area contributed by atoms with Gasteiger partial charge in [-0.25, -0.2) is 4.98 Å². The molecule has 3 aromatic rings. The zero-order chi connectivity index (χ0) is 16.8. The lowest BCUT2D eigenvalue weighted by Crippen LogP contribution is -2.20. The zero-order valence-electron chi connectivity index (χ0n) is 13.7. The lowest BCUT2D eigenvalue weighted by Gasteiger charge is -2.13. The van der Waals surface area contributed by atoms with E-state index in [-0.39, 0.29) is 6.04 Å². The van der Waals surface area contributed by atoms with Crippen LogP contribution in [0.3, 0.4) is 0 Å². The largest absolute Gasteiger partial charge is 0.497 e. The summed E-state index contributed by atoms with van der Waals surface area (Å²) in [7, 11) is 1.65. The Morgan fingerprint density at radius 1 is 1.12 bits per heavy atom. The van der Waals surface area contributed by atoms with Crippen molar-refractivity contribution < 1.29 is 4.74 Å². The summed E-state index contributed by atoms with van der Waals surface area (Å²) in [6, 6.07) is 11.9. The molecule has 3 rings (SSSR count). The molecule has 0 amide bonds. The van der Waals surface area contributed by atoms with Crippen molar-refractivity contribution in [3.63, 3.8) is 0 Å². The Balaban J connectivity index is 1.70. The highest BCUT2D eigenvalue weighted by atomic mass is 16.5. The summed E-state index contributed by atoms with van der Waals surface area (Å²) in [6.45, 7) is 2.08. The minimum Gasteiger partial charge on any atom is -0.497 e. The molecule has 6 heteroatoms. The minimum atomic E-state index is 0.169. The molecular weight excluding hydrogens is 302 g/mol. The molecule has 0 spiro atoms. The van der Waals surface area contributed by atoms with E-state index in [1.807, 2.05) is 36.5 Å². The van der Waals surface area contributed by atoms with E-state index < -0.39 is 0 Å². The van der Waals surface area contributed by atoms with E-state index >= 15 is 0 Å². The molecule has 0 aliphatic carbocycles. The van der Waals surface area contributed by atoms with E-state index in [9.17, 15) is 0 Å². The second kappa shape index (κ2) is 7.50. The Kier molecular flexibility index (Phi) is 4.96. The first-order chi connectivity index (χ1) is 11.7. The molecule has 122 valence electrons. The average molecular weight is 321 g/mol. The number of hydrogen-bond donors (Lipinski definition) is 1. The van der Waals surface area contributed by atoms with Crippen LogP contribution in [0.1, 0.15) is 12.5 Å². The van der Waals surface area contributed by atoms with Crippen LogP contribution in [0.15, 0.2) is 55.0 Å². The molecule has 1 N–H and O–H groups in total. The number of pyridine rings is 1. The third-order valence-electron chi connectivity index (χ3n) is 3.58. The molecular formula is C18H19N5O. The molecule has 0 radical (unpaired) electrons. The SMILES string of the molecule is COc1ccc(-c2cnnc(N[C@@H](C)Cc3cccnc3)n2)cc1. The molecule has 0 unspecified atom stereocenters. The quantitative estimate of drug-likeness (QED) is 0.752. The predicted molar refractivity (Wildman–Crippen MR) is 92.8 cm³/mol. The van der Waals surface area contributed by atoms with Crippen molar-refractivity contribution in [2.24, 2.45) is 0 Å². The molecule has 1 atom stereocenters. The maximum absolute atomic E-state index is 5.17. The van der Waals surface area contributed by atoms with Gasteiger partial charge in [-0.2, -0.15) is 5.10 Å². The standard InChI is InChI=1S/C18H19N5O/c1-13(10-14-4-3-9-19-11-14)21-18-22-17(12-20-23-18)15-5-7-16(24-2)8-6-15/h3-9,11-13H,10H2,1-2H3,(H,21,22,23)/t13-/m0/s1. The van der Waals surface area contributed by atoms with E-state index in [1.165, 1.54) is 0 Å². The third kappa shape index (κ3) is 4.04. The first kappa shape index (κ1) is 15.9. The molecule has 2 heterocycles. The molecule has 0 fully saturated rings. The monoisotopic (exact) mass is 321 g/mol. The van der Waals surface area contributed by atoms with Crippen LogP contribution in [0.5, 0.6) is 5.75 Å². The summed E-state index contributed by atoms with van der Waals surface area (Å²) in [6.07, 6.45) is 6.13. The fraction of sp³-hybridized carbons (Fsp3) is 0.222. The molecule has 0 aliphatic heterocycles. The highest BCUT2D eigenvalue weighted by molar-refractivity contribution is 5.60. The molecule has 1 aromatic carbocycles. The van der Waals surface area contributed by atoms with Gasteiger partial charge in [0.25, 0.3) is 0 Å². The summed E-state index contributed by atoms with van der Waals surface area (Å²) in [5.74, 6) is 1.32. The molecule has 6 nitrogen and oxygen atoms in total. The van der Waals surface area contributed by atoms with Crippen LogP contribution >= 0.6 is 0 Å². The Morgan fingerprint density at radius 2 is 1.96 bits per heavy atom. The average Bonchev–Trinajstić information content (AvgIpc) is 2.63. The van der Waals surface area contributed by atoms with Crippen molar-refractivity contribution >= 4 is 5.95 Å². The predicted octanol–water partition coefficient (Wildman–Crippen LogP) is 2.99. The van der Waals surface area contributed by atoms with Crippen LogP contribution in [0, 0.1) is 0 Å². The lowest BCUT2D eigenvalue weighted by atomic mass is 10.1. The second-order valence-corrected chi connectivity index (χ2v) is 5.50. The topological polar surface area (TPSA) is 72.8 Å². The van der Waals surface area contributed by atoms with Crippen molar-refractivity contribution in [3.8, 4) is 17.0 Å². The van der Waals surface area contributed by atoms with E-state index in [4.69, 9.17) is 4.74 Å². The van der Waals surface area contributed by atoms with Gasteiger partial charge in [0.05, 0.1) is 19.0 Å². The third-order valence-corrected chi connectivity index (χ3v) is 3.58. The van der Waals surface area contributed by atoms with Gasteiger partial charge >= 0.3 is 0 Å². The van der Waals surface area contributed by atoms with Crippen molar-refractivity contribution in [1.82, 2.24) is 20.2 Å². The molecule has 0 aliphatic rings. The van der Waals surface area contributed by atoms with Crippen LogP contribution in [-0.2, 0) is 6.42 Å². The van der Waals surface area contributed by atoms with Gasteiger partial charge in [-0.05, 0) is 49.2 Å². The summed E-state index contributed by atoms with van der Waals surface area (Å²) in [4.78, 5) is 8.67. The van der Waals surface area contributed by atoms with Gasteiger partial charge in [0.15, 0.2) is 0 Å². The Labute approximate surface area is 141 Å². The number of methoxy groups -OCH3 is 1. The van der Waals surface area contributed by atoms with Gasteiger partial charge in [-0.3, -0.25) is 4.98 Å². The lowest BCUT2D eigenvalue weighted by molar-refractivity contribution is 0.415. The van der Waals surface area contributed by atoms with E-state index in [1.54, 1.807) is 19.5 Å². The maximum atomic E-state index is 5.17. The van der Waals surface area contributed by atoms with Crippen molar-refractivity contribution in [2.45, 2.75) is 19.4 Å². The molecule has 0 saturated carbocycles. The number of rotatable bonds is 6. The fourth-order valence-corrected chi connectivity index (χ4v) is 2.41. The van der Waals surface area contributed by atoms with Crippen molar-refractivity contribution in [2.75, 3.05) is 12.4 Å². The van der Waals surface area contributed by atoms with Gasteiger partial charge in [0.2, 0.25) is 5.95 Å². The summed E-state index contributed by atoms with van der Waals surface area (Å²) >= 11 is 0. The number of ether oxygens (including phenoxy) is 1. The van der Waals surface area contributed by atoms with Gasteiger partial charge in [0.1, 0.15) is 5.75 Å². The number of aromatic nitrogens is 4. The highest BCUT2D eigenvalue weighted by Crippen LogP contribution is 2.20. The van der Waals surface area contributed by atoms with E-state index in [0.717, 1.165) is 29.0 Å². The molecule has 24 heavy (non-hydrogen) atoms. The maximum Gasteiger partial charge on any atom is 0.243 e. The zero-order valence-corrected chi connectivity index (χ0v) is 13.7. The molecule has 0 saturated heterocycles. The molecule has 0 bridgehead atoms. The Morgan fingerprint density at radius 3 is 2.67 bits per heavy atom. The number of nitrogens with one attached hydrogen (secondary N) is 1. The van der Waals surface area contributed by atoms with Gasteiger partial charge in [0, 0.05) is 24.0 Å². The minimum absolute atomic E-state index is 0.169. The fourth-order valence-electron chi connectivity index (χ4n) is 2.41. The van der Waals surface area contributed by atoms with Gasteiger partial charge in [-0.1, -0.05) is 6.07 Å². The first-order valence-electron chi connectivity index (χ1n) is 7.74. The molecule has 2 aromatic heterocycles. The van der Waals surface area contributed by atoms with Crippen LogP contribution in [0.4, 0.5) is 5.95 Å². The Bertz CT molecular complexity index is 777.